The van der Waals surface area contributed by atoms with Gasteiger partial charge in [-0.2, -0.15) is 31.4 Å². The van der Waals surface area contributed by atoms with Crippen molar-refractivity contribution in [1.82, 2.24) is 14.3 Å². The number of nitrogens with zero attached hydrogens (tertiary/aromatic N) is 3. The molecule has 3 rings (SSSR count). The summed E-state index contributed by atoms with van der Waals surface area (Å²) in [4.78, 5) is 11.2. The Morgan fingerprint density at radius 2 is 1.59 bits per heavy atom. The lowest BCUT2D eigenvalue weighted by atomic mass is 10.2. The molecule has 0 saturated heterocycles. The molecule has 11 heteroatoms. The average Bonchev–Trinajstić information content (AvgIpc) is 3.03. The summed E-state index contributed by atoms with van der Waals surface area (Å²) in [6.45, 7) is 0. The number of hydrogen-bond acceptors (Lipinski definition) is 3. The van der Waals surface area contributed by atoms with E-state index in [0.29, 0.717) is 0 Å². The van der Waals surface area contributed by atoms with Crippen LogP contribution >= 0.6 is 0 Å². The van der Waals surface area contributed by atoms with Gasteiger partial charge >= 0.3 is 12.4 Å². The summed E-state index contributed by atoms with van der Waals surface area (Å²) in [7, 11) is 0. The van der Waals surface area contributed by atoms with E-state index in [9.17, 15) is 36.2 Å². The predicted octanol–water partition coefficient (Wildman–Crippen LogP) is 3.77. The normalized spacial score (nSPS) is 12.4. The number of benzene rings is 1. The van der Waals surface area contributed by atoms with Gasteiger partial charge in [0.2, 0.25) is 5.43 Å². The van der Waals surface area contributed by atoms with Crippen molar-refractivity contribution in [3.63, 3.8) is 0 Å². The van der Waals surface area contributed by atoms with E-state index in [0.717, 1.165) is 24.4 Å². The van der Waals surface area contributed by atoms with Crippen LogP contribution in [0.3, 0.4) is 0 Å². The molecule has 142 valence electrons. The van der Waals surface area contributed by atoms with Crippen molar-refractivity contribution in [3.8, 4) is 17.1 Å². The summed E-state index contributed by atoms with van der Waals surface area (Å²) in [5, 5.41) is 12.5. The smallest absolute Gasteiger partial charge is 0.435 e. The first-order valence-corrected chi connectivity index (χ1v) is 7.23. The number of halogens is 6. The number of hydrogen-bond donors (Lipinski definition) is 1. The molecule has 0 amide bonds. The molecular formula is C16H9F6N3O2. The van der Waals surface area contributed by atoms with E-state index in [1.807, 2.05) is 0 Å². The number of aromatic nitrogens is 3. The Balaban J connectivity index is 2.16. The summed E-state index contributed by atoms with van der Waals surface area (Å²) in [6, 6.07) is 5.96. The highest BCUT2D eigenvalue weighted by atomic mass is 19.4. The van der Waals surface area contributed by atoms with Gasteiger partial charge in [0, 0.05) is 24.0 Å². The molecule has 2 aromatic heterocycles. The van der Waals surface area contributed by atoms with E-state index in [2.05, 4.69) is 5.10 Å². The summed E-state index contributed by atoms with van der Waals surface area (Å²) < 4.78 is 79.3. The average molecular weight is 389 g/mol. The summed E-state index contributed by atoms with van der Waals surface area (Å²) in [6.07, 6.45) is -7.85. The first-order chi connectivity index (χ1) is 12.5. The van der Waals surface area contributed by atoms with Gasteiger partial charge in [-0.15, -0.1) is 0 Å². The van der Waals surface area contributed by atoms with Gasteiger partial charge in [0.1, 0.15) is 5.69 Å². The molecule has 0 atom stereocenters. The molecule has 2 heterocycles. The minimum absolute atomic E-state index is 0.0716. The van der Waals surface area contributed by atoms with Crippen molar-refractivity contribution >= 4 is 0 Å². The van der Waals surface area contributed by atoms with Crippen molar-refractivity contribution in [2.45, 2.75) is 12.4 Å². The second-order valence-corrected chi connectivity index (χ2v) is 5.44. The van der Waals surface area contributed by atoms with Gasteiger partial charge in [-0.05, 0) is 18.2 Å². The SMILES string of the molecule is O=c1ccn(-c2cccc(-n3nc(C(F)(F)F)cc3C(F)(F)F)c2)cc1O. The third-order valence-corrected chi connectivity index (χ3v) is 3.56. The molecule has 0 fully saturated rings. The molecule has 27 heavy (non-hydrogen) atoms. The molecule has 1 aromatic carbocycles. The van der Waals surface area contributed by atoms with Crippen LogP contribution in [0, 0.1) is 0 Å². The van der Waals surface area contributed by atoms with Crippen LogP contribution in [0.4, 0.5) is 26.3 Å². The maximum absolute atomic E-state index is 13.2. The molecule has 0 bridgehead atoms. The zero-order valence-electron chi connectivity index (χ0n) is 13.1. The van der Waals surface area contributed by atoms with E-state index in [4.69, 9.17) is 0 Å². The van der Waals surface area contributed by atoms with Crippen molar-refractivity contribution in [1.29, 1.82) is 0 Å². The lowest BCUT2D eigenvalue weighted by Crippen LogP contribution is -2.13. The highest BCUT2D eigenvalue weighted by Gasteiger charge is 2.42. The van der Waals surface area contributed by atoms with E-state index in [-0.39, 0.29) is 22.1 Å². The predicted molar refractivity (Wildman–Crippen MR) is 80.8 cm³/mol. The van der Waals surface area contributed by atoms with Crippen LogP contribution in [0.25, 0.3) is 11.4 Å². The van der Waals surface area contributed by atoms with Crippen LogP contribution in [0.2, 0.25) is 0 Å². The molecule has 0 radical (unpaired) electrons. The standard InChI is InChI=1S/C16H9F6N3O2/c17-15(18,19)13-7-14(16(20,21)22)25(23-13)10-3-1-2-9(6-10)24-5-4-11(26)12(27)8-24/h1-8,27H. The molecular weight excluding hydrogens is 380 g/mol. The van der Waals surface area contributed by atoms with E-state index in [1.165, 1.54) is 22.9 Å². The van der Waals surface area contributed by atoms with Gasteiger partial charge in [0.05, 0.1) is 11.9 Å². The lowest BCUT2D eigenvalue weighted by Gasteiger charge is -2.12. The van der Waals surface area contributed by atoms with Gasteiger partial charge in [-0.1, -0.05) is 6.07 Å². The first kappa shape index (κ1) is 18.5. The Labute approximate surface area is 146 Å². The monoisotopic (exact) mass is 389 g/mol. The second kappa shape index (κ2) is 6.18. The van der Waals surface area contributed by atoms with E-state index >= 15 is 0 Å². The van der Waals surface area contributed by atoms with Crippen LogP contribution in [0.5, 0.6) is 5.75 Å². The zero-order valence-corrected chi connectivity index (χ0v) is 13.1. The Morgan fingerprint density at radius 3 is 2.19 bits per heavy atom. The topological polar surface area (TPSA) is 60.0 Å². The summed E-state index contributed by atoms with van der Waals surface area (Å²) in [5.74, 6) is -0.600. The molecule has 0 aliphatic heterocycles. The summed E-state index contributed by atoms with van der Waals surface area (Å²) in [5.41, 5.74) is -4.02. The summed E-state index contributed by atoms with van der Waals surface area (Å²) >= 11 is 0. The molecule has 0 spiro atoms. The van der Waals surface area contributed by atoms with Crippen LogP contribution in [0.15, 0.2) is 53.6 Å². The third kappa shape index (κ3) is 3.66. The van der Waals surface area contributed by atoms with Crippen LogP contribution in [-0.2, 0) is 12.4 Å². The minimum atomic E-state index is -5.07. The third-order valence-electron chi connectivity index (χ3n) is 3.56. The lowest BCUT2D eigenvalue weighted by molar-refractivity contribution is -0.143. The maximum Gasteiger partial charge on any atom is 0.435 e. The first-order valence-electron chi connectivity index (χ1n) is 7.23. The fraction of sp³-hybridized carbons (Fsp3) is 0.125. The largest absolute Gasteiger partial charge is 0.503 e. The molecule has 0 saturated carbocycles. The Bertz CT molecular complexity index is 1050. The Hall–Kier alpha value is -3.24. The molecule has 1 N–H and O–H groups in total. The maximum atomic E-state index is 13.2. The molecule has 3 aromatic rings. The van der Waals surface area contributed by atoms with Gasteiger partial charge in [0.25, 0.3) is 0 Å². The van der Waals surface area contributed by atoms with E-state index in [1.54, 1.807) is 0 Å². The molecule has 0 aliphatic carbocycles. The number of alkyl halides is 6. The Morgan fingerprint density at radius 1 is 0.926 bits per heavy atom. The van der Waals surface area contributed by atoms with Crippen LogP contribution in [-0.4, -0.2) is 19.5 Å². The van der Waals surface area contributed by atoms with Crippen LogP contribution in [0.1, 0.15) is 11.4 Å². The number of pyridine rings is 1. The van der Waals surface area contributed by atoms with Crippen LogP contribution < -0.4 is 5.43 Å². The van der Waals surface area contributed by atoms with Gasteiger partial charge in [-0.3, -0.25) is 4.79 Å². The Kier molecular flexibility index (Phi) is 4.25. The fourth-order valence-electron chi connectivity index (χ4n) is 2.34. The molecule has 5 nitrogen and oxygen atoms in total. The number of aromatic hydroxyl groups is 1. The van der Waals surface area contributed by atoms with Crippen molar-refractivity contribution in [2.24, 2.45) is 0 Å². The molecule has 0 aliphatic rings. The quantitative estimate of drug-likeness (QED) is 0.679. The zero-order chi connectivity index (χ0) is 20.0. The minimum Gasteiger partial charge on any atom is -0.503 e. The van der Waals surface area contributed by atoms with Crippen molar-refractivity contribution in [3.05, 3.63) is 70.4 Å². The number of rotatable bonds is 2. The molecule has 0 unspecified atom stereocenters. The highest BCUT2D eigenvalue weighted by molar-refractivity contribution is 5.45. The highest BCUT2D eigenvalue weighted by Crippen LogP contribution is 2.36. The van der Waals surface area contributed by atoms with Gasteiger partial charge in [0.15, 0.2) is 11.4 Å². The van der Waals surface area contributed by atoms with Crippen molar-refractivity contribution in [2.75, 3.05) is 0 Å². The van der Waals surface area contributed by atoms with Gasteiger partial charge < -0.3 is 9.67 Å². The second-order valence-electron chi connectivity index (χ2n) is 5.44. The van der Waals surface area contributed by atoms with Gasteiger partial charge in [-0.25, -0.2) is 4.68 Å². The van der Waals surface area contributed by atoms with E-state index < -0.39 is 34.9 Å². The fourth-order valence-corrected chi connectivity index (χ4v) is 2.34. The van der Waals surface area contributed by atoms with Crippen molar-refractivity contribution < 1.29 is 31.4 Å².